The zero-order valence-electron chi connectivity index (χ0n) is 19.5. The van der Waals surface area contributed by atoms with Crippen LogP contribution in [-0.2, 0) is 19.1 Å². The fourth-order valence-electron chi connectivity index (χ4n) is 8.02. The first-order chi connectivity index (χ1) is 15.0. The molecule has 0 saturated heterocycles. The Morgan fingerprint density at radius 1 is 1.00 bits per heavy atom. The van der Waals surface area contributed by atoms with Gasteiger partial charge in [0.2, 0.25) is 0 Å². The van der Waals surface area contributed by atoms with Crippen molar-refractivity contribution in [2.24, 2.45) is 28.6 Å². The van der Waals surface area contributed by atoms with Gasteiger partial charge in [-0.15, -0.1) is 0 Å². The summed E-state index contributed by atoms with van der Waals surface area (Å²) in [6, 6.07) is 6.57. The molecule has 4 aliphatic rings. The molecular weight excluding hydrogens is 424 g/mol. The van der Waals surface area contributed by atoms with Crippen molar-refractivity contribution in [2.75, 3.05) is 0 Å². The van der Waals surface area contributed by atoms with E-state index < -0.39 is 27.2 Å². The van der Waals surface area contributed by atoms with Gasteiger partial charge >= 0.3 is 0 Å². The van der Waals surface area contributed by atoms with Crippen LogP contribution >= 0.6 is 0 Å². The Kier molecular flexibility index (Phi) is 5.20. The number of aryl methyl sites for hydroxylation is 1. The number of hydrogen-bond acceptors (Lipinski definition) is 5. The van der Waals surface area contributed by atoms with Crippen LogP contribution in [0, 0.1) is 35.5 Å². The van der Waals surface area contributed by atoms with E-state index >= 15 is 0 Å². The summed E-state index contributed by atoms with van der Waals surface area (Å²) in [5.41, 5.74) is -0.702. The maximum atomic E-state index is 13.5. The van der Waals surface area contributed by atoms with Gasteiger partial charge < -0.3 is 5.11 Å². The van der Waals surface area contributed by atoms with Crippen LogP contribution < -0.4 is 0 Å². The molecule has 7 atom stereocenters. The molecule has 0 amide bonds. The van der Waals surface area contributed by atoms with E-state index in [0.717, 1.165) is 12.0 Å². The van der Waals surface area contributed by atoms with Gasteiger partial charge in [-0.2, -0.15) is 8.42 Å². The molecule has 1 N–H and O–H groups in total. The predicted molar refractivity (Wildman–Crippen MR) is 121 cm³/mol. The molecule has 32 heavy (non-hydrogen) atoms. The van der Waals surface area contributed by atoms with Crippen molar-refractivity contribution >= 4 is 15.9 Å². The maximum absolute atomic E-state index is 13.5. The Balaban J connectivity index is 1.39. The van der Waals surface area contributed by atoms with E-state index in [4.69, 9.17) is 4.18 Å². The summed E-state index contributed by atoms with van der Waals surface area (Å²) in [4.78, 5) is 13.6. The molecule has 0 radical (unpaired) electrons. The third kappa shape index (κ3) is 3.24. The summed E-state index contributed by atoms with van der Waals surface area (Å²) in [5, 5.41) is 11.8. The molecule has 0 unspecified atom stereocenters. The van der Waals surface area contributed by atoms with Crippen molar-refractivity contribution in [2.45, 2.75) is 95.2 Å². The van der Waals surface area contributed by atoms with Gasteiger partial charge in [0.25, 0.3) is 10.1 Å². The first-order valence-corrected chi connectivity index (χ1v) is 13.7. The van der Waals surface area contributed by atoms with Crippen molar-refractivity contribution in [3.05, 3.63) is 29.8 Å². The summed E-state index contributed by atoms with van der Waals surface area (Å²) in [7, 11) is -3.94. The second-order valence-corrected chi connectivity index (χ2v) is 13.2. The zero-order valence-corrected chi connectivity index (χ0v) is 20.3. The number of fused-ring (bicyclic) bond motifs is 5. The predicted octanol–water partition coefficient (Wildman–Crippen LogP) is 4.80. The maximum Gasteiger partial charge on any atom is 0.297 e. The average Bonchev–Trinajstić information content (AvgIpc) is 3.12. The van der Waals surface area contributed by atoms with Crippen LogP contribution in [0.15, 0.2) is 29.2 Å². The minimum atomic E-state index is -3.94. The van der Waals surface area contributed by atoms with Crippen LogP contribution in [0.5, 0.6) is 0 Å². The van der Waals surface area contributed by atoms with Crippen LogP contribution in [0.2, 0.25) is 0 Å². The number of benzene rings is 1. The van der Waals surface area contributed by atoms with Crippen molar-refractivity contribution < 1.29 is 22.5 Å². The van der Waals surface area contributed by atoms with Crippen molar-refractivity contribution in [1.82, 2.24) is 0 Å². The fourth-order valence-corrected chi connectivity index (χ4v) is 9.12. The number of aliphatic hydroxyl groups is 1. The molecule has 4 saturated carbocycles. The van der Waals surface area contributed by atoms with E-state index in [0.29, 0.717) is 42.4 Å². The Labute approximate surface area is 192 Å². The van der Waals surface area contributed by atoms with E-state index in [9.17, 15) is 18.3 Å². The Morgan fingerprint density at radius 2 is 1.72 bits per heavy atom. The van der Waals surface area contributed by atoms with Gasteiger partial charge in [-0.25, -0.2) is 0 Å². The van der Waals surface area contributed by atoms with E-state index in [1.165, 1.54) is 25.7 Å². The van der Waals surface area contributed by atoms with Gasteiger partial charge in [0, 0.05) is 18.3 Å². The van der Waals surface area contributed by atoms with Gasteiger partial charge in [0.15, 0.2) is 5.78 Å². The largest absolute Gasteiger partial charge is 0.381 e. The van der Waals surface area contributed by atoms with E-state index in [-0.39, 0.29) is 17.1 Å². The van der Waals surface area contributed by atoms with Crippen molar-refractivity contribution in [3.8, 4) is 0 Å². The molecule has 1 aromatic rings. The van der Waals surface area contributed by atoms with Gasteiger partial charge in [0.1, 0.15) is 5.60 Å². The number of Topliss-reactive ketones (excluding diaryl/α,β-unsaturated/α-hetero) is 1. The highest BCUT2D eigenvalue weighted by Crippen LogP contribution is 2.66. The molecule has 4 aliphatic carbocycles. The van der Waals surface area contributed by atoms with Gasteiger partial charge in [0.05, 0.1) is 11.0 Å². The Hall–Kier alpha value is -1.24. The summed E-state index contributed by atoms with van der Waals surface area (Å²) in [5.74, 6) is 1.14. The minimum absolute atomic E-state index is 0.0680. The highest BCUT2D eigenvalue weighted by molar-refractivity contribution is 7.86. The topological polar surface area (TPSA) is 80.7 Å². The quantitative estimate of drug-likeness (QED) is 0.656. The normalized spacial score (nSPS) is 43.9. The number of hydrogen-bond donors (Lipinski definition) is 1. The van der Waals surface area contributed by atoms with E-state index in [1.807, 2.05) is 6.92 Å². The van der Waals surface area contributed by atoms with Gasteiger partial charge in [-0.3, -0.25) is 8.98 Å². The van der Waals surface area contributed by atoms with Crippen LogP contribution in [0.1, 0.15) is 77.2 Å². The monoisotopic (exact) mass is 460 g/mol. The van der Waals surface area contributed by atoms with Crippen LogP contribution in [0.25, 0.3) is 0 Å². The lowest BCUT2D eigenvalue weighted by atomic mass is 9.43. The molecule has 0 aromatic heterocycles. The van der Waals surface area contributed by atoms with E-state index in [1.54, 1.807) is 24.3 Å². The lowest BCUT2D eigenvalue weighted by Gasteiger charge is -2.62. The third-order valence-corrected chi connectivity index (χ3v) is 11.3. The molecule has 6 heteroatoms. The van der Waals surface area contributed by atoms with Crippen LogP contribution in [0.3, 0.4) is 0 Å². The number of ketones is 1. The number of carbonyl (C=O) groups is 1. The standard InChI is InChI=1S/C26H36O5S/c1-17-6-8-19(9-7-17)32(29,30)31-18-10-14-25(3)22-11-13-24(2)12-4-5-21(24)20(22)15-23(27)26(25,28)16-18/h6-9,18,20-22,28H,4-5,10-16H2,1-3H3/t18-,20-,21-,22-,24-,25+,26-/m0/s1. The summed E-state index contributed by atoms with van der Waals surface area (Å²) in [6.45, 7) is 6.38. The van der Waals surface area contributed by atoms with Crippen LogP contribution in [-0.4, -0.2) is 31.0 Å². The van der Waals surface area contributed by atoms with E-state index in [2.05, 4.69) is 13.8 Å². The van der Waals surface area contributed by atoms with Gasteiger partial charge in [-0.1, -0.05) is 38.0 Å². The highest BCUT2D eigenvalue weighted by Gasteiger charge is 2.66. The molecule has 0 spiro atoms. The lowest BCUT2D eigenvalue weighted by Crippen LogP contribution is -2.67. The molecule has 1 aromatic carbocycles. The van der Waals surface area contributed by atoms with Crippen LogP contribution in [0.4, 0.5) is 0 Å². The molecule has 0 heterocycles. The molecule has 0 aliphatic heterocycles. The second kappa shape index (κ2) is 7.38. The summed E-state index contributed by atoms with van der Waals surface area (Å²) >= 11 is 0. The molecule has 4 fully saturated rings. The molecule has 5 rings (SSSR count). The van der Waals surface area contributed by atoms with Gasteiger partial charge in [-0.05, 0) is 80.8 Å². The summed E-state index contributed by atoms with van der Waals surface area (Å²) in [6.07, 6.45) is 6.88. The second-order valence-electron chi connectivity index (χ2n) is 11.6. The number of rotatable bonds is 3. The fraction of sp³-hybridized carbons (Fsp3) is 0.731. The third-order valence-electron chi connectivity index (χ3n) is 9.95. The number of carbonyl (C=O) groups excluding carboxylic acids is 1. The Bertz CT molecular complexity index is 1020. The lowest BCUT2D eigenvalue weighted by molar-refractivity contribution is -0.210. The SMILES string of the molecule is Cc1ccc(S(=O)(=O)O[C@H]2CC[C@]3(C)[C@H]4CC[C@]5(C)CCC[C@H]5[C@@H]4CC(=O)[C@@]3(O)C2)cc1. The van der Waals surface area contributed by atoms with Crippen molar-refractivity contribution in [1.29, 1.82) is 0 Å². The average molecular weight is 461 g/mol. The molecular formula is C26H36O5S. The highest BCUT2D eigenvalue weighted by atomic mass is 32.2. The molecule has 176 valence electrons. The smallest absolute Gasteiger partial charge is 0.297 e. The summed E-state index contributed by atoms with van der Waals surface area (Å²) < 4.78 is 31.3. The van der Waals surface area contributed by atoms with Crippen molar-refractivity contribution in [3.63, 3.8) is 0 Å². The first kappa shape index (κ1) is 22.5. The molecule has 0 bridgehead atoms. The zero-order chi connectivity index (χ0) is 22.9. The molecule has 5 nitrogen and oxygen atoms in total. The minimum Gasteiger partial charge on any atom is -0.381 e. The Morgan fingerprint density at radius 3 is 2.44 bits per heavy atom. The first-order valence-electron chi connectivity index (χ1n) is 12.2.